The zero-order chi connectivity index (χ0) is 20.5. The molecule has 3 heterocycles. The third kappa shape index (κ3) is 3.64. The van der Waals surface area contributed by atoms with Crippen molar-refractivity contribution in [2.24, 2.45) is 0 Å². The van der Waals surface area contributed by atoms with Crippen LogP contribution in [-0.2, 0) is 22.5 Å². The van der Waals surface area contributed by atoms with Gasteiger partial charge in [0, 0.05) is 53.4 Å². The van der Waals surface area contributed by atoms with Crippen molar-refractivity contribution in [3.05, 3.63) is 47.4 Å². The van der Waals surface area contributed by atoms with Crippen molar-refractivity contribution in [2.45, 2.75) is 26.8 Å². The minimum atomic E-state index is -0.122. The van der Waals surface area contributed by atoms with Gasteiger partial charge >= 0.3 is 0 Å². The van der Waals surface area contributed by atoms with Crippen molar-refractivity contribution in [3.63, 3.8) is 0 Å². The lowest BCUT2D eigenvalue weighted by Crippen LogP contribution is -2.17. The van der Waals surface area contributed by atoms with Gasteiger partial charge in [-0.2, -0.15) is 9.50 Å². The first-order valence-electron chi connectivity index (χ1n) is 9.32. The third-order valence-corrected chi connectivity index (χ3v) is 4.99. The van der Waals surface area contributed by atoms with Crippen molar-refractivity contribution in [3.8, 4) is 0 Å². The summed E-state index contributed by atoms with van der Waals surface area (Å²) in [4.78, 5) is 21.2. The van der Waals surface area contributed by atoms with Crippen LogP contribution in [0.2, 0.25) is 0 Å². The van der Waals surface area contributed by atoms with E-state index in [-0.39, 0.29) is 18.3 Å². The standard InChI is InChI=1S/C20H23N7O2/c1-12-16(13(2)27-20(22-12)24-19(21)25-27)11-18(28)23-15-4-5-17-14(10-15)6-7-26(17)8-9-29-3/h4-7,10H,8-9,11H2,1-3H3,(H2,21,25)(H,23,28). The predicted octanol–water partition coefficient (Wildman–Crippen LogP) is 2.11. The van der Waals surface area contributed by atoms with Crippen LogP contribution in [0.3, 0.4) is 0 Å². The van der Waals surface area contributed by atoms with Crippen LogP contribution in [0.5, 0.6) is 0 Å². The summed E-state index contributed by atoms with van der Waals surface area (Å²) in [6, 6.07) is 7.91. The summed E-state index contributed by atoms with van der Waals surface area (Å²) < 4.78 is 8.84. The fourth-order valence-electron chi connectivity index (χ4n) is 3.51. The second-order valence-corrected chi connectivity index (χ2v) is 6.94. The molecule has 9 nitrogen and oxygen atoms in total. The molecule has 29 heavy (non-hydrogen) atoms. The van der Waals surface area contributed by atoms with Crippen molar-refractivity contribution >= 4 is 34.2 Å². The maximum atomic E-state index is 12.7. The molecule has 1 aromatic carbocycles. The minimum absolute atomic E-state index is 0.122. The molecule has 0 bridgehead atoms. The first-order chi connectivity index (χ1) is 14.0. The van der Waals surface area contributed by atoms with Gasteiger partial charge in [-0.15, -0.1) is 5.10 Å². The molecule has 150 valence electrons. The van der Waals surface area contributed by atoms with Crippen LogP contribution in [0.25, 0.3) is 16.7 Å². The highest BCUT2D eigenvalue weighted by Crippen LogP contribution is 2.21. The van der Waals surface area contributed by atoms with E-state index in [0.717, 1.165) is 40.1 Å². The molecule has 4 aromatic rings. The first kappa shape index (κ1) is 18.9. The summed E-state index contributed by atoms with van der Waals surface area (Å²) in [5.74, 6) is 0.473. The summed E-state index contributed by atoms with van der Waals surface area (Å²) in [5, 5.41) is 8.18. The molecule has 3 aromatic heterocycles. The zero-order valence-corrected chi connectivity index (χ0v) is 16.6. The Morgan fingerprint density at radius 2 is 2.07 bits per heavy atom. The van der Waals surface area contributed by atoms with E-state index in [1.165, 1.54) is 0 Å². The number of fused-ring (bicyclic) bond motifs is 2. The normalized spacial score (nSPS) is 11.4. The van der Waals surface area contributed by atoms with Crippen LogP contribution in [0.4, 0.5) is 11.6 Å². The second kappa shape index (κ2) is 7.51. The molecule has 0 radical (unpaired) electrons. The summed E-state index contributed by atoms with van der Waals surface area (Å²) in [5.41, 5.74) is 9.87. The van der Waals surface area contributed by atoms with E-state index >= 15 is 0 Å². The van der Waals surface area contributed by atoms with E-state index in [4.69, 9.17) is 10.5 Å². The number of nitrogens with one attached hydrogen (secondary N) is 1. The number of aryl methyl sites for hydroxylation is 2. The fourth-order valence-corrected chi connectivity index (χ4v) is 3.51. The van der Waals surface area contributed by atoms with Gasteiger partial charge < -0.3 is 20.4 Å². The molecule has 0 spiro atoms. The lowest BCUT2D eigenvalue weighted by atomic mass is 10.1. The maximum Gasteiger partial charge on any atom is 0.254 e. The number of ether oxygens (including phenoxy) is 1. The summed E-state index contributed by atoms with van der Waals surface area (Å²) in [7, 11) is 1.69. The number of aromatic nitrogens is 5. The van der Waals surface area contributed by atoms with Gasteiger partial charge in [-0.1, -0.05) is 0 Å². The lowest BCUT2D eigenvalue weighted by Gasteiger charge is -2.11. The van der Waals surface area contributed by atoms with Crippen molar-refractivity contribution in [1.29, 1.82) is 0 Å². The topological polar surface area (TPSA) is 112 Å². The number of nitrogens with zero attached hydrogens (tertiary/aromatic N) is 5. The van der Waals surface area contributed by atoms with Gasteiger partial charge in [0.05, 0.1) is 13.0 Å². The number of benzene rings is 1. The number of hydrogen-bond donors (Lipinski definition) is 2. The Labute approximate surface area is 167 Å². The molecular weight excluding hydrogens is 370 g/mol. The number of rotatable bonds is 6. The molecule has 3 N–H and O–H groups in total. The van der Waals surface area contributed by atoms with Crippen molar-refractivity contribution in [1.82, 2.24) is 24.1 Å². The molecular formula is C20H23N7O2. The zero-order valence-electron chi connectivity index (χ0n) is 16.6. The van der Waals surface area contributed by atoms with E-state index in [1.807, 2.05) is 44.3 Å². The predicted molar refractivity (Wildman–Crippen MR) is 111 cm³/mol. The lowest BCUT2D eigenvalue weighted by molar-refractivity contribution is -0.115. The Hall–Kier alpha value is -3.46. The van der Waals surface area contributed by atoms with Crippen LogP contribution in [0.15, 0.2) is 30.5 Å². The number of nitrogens with two attached hydrogens (primary N) is 1. The summed E-state index contributed by atoms with van der Waals surface area (Å²) >= 11 is 0. The third-order valence-electron chi connectivity index (χ3n) is 4.99. The van der Waals surface area contributed by atoms with Gasteiger partial charge in [0.25, 0.3) is 5.78 Å². The van der Waals surface area contributed by atoms with Crippen LogP contribution < -0.4 is 11.1 Å². The highest BCUT2D eigenvalue weighted by molar-refractivity contribution is 5.95. The van der Waals surface area contributed by atoms with Gasteiger partial charge in [0.2, 0.25) is 11.9 Å². The largest absolute Gasteiger partial charge is 0.383 e. The number of methoxy groups -OCH3 is 1. The smallest absolute Gasteiger partial charge is 0.254 e. The molecule has 0 saturated heterocycles. The number of anilines is 2. The van der Waals surface area contributed by atoms with Crippen LogP contribution in [0.1, 0.15) is 17.0 Å². The number of nitrogen functional groups attached to an aromatic ring is 1. The van der Waals surface area contributed by atoms with Gasteiger partial charge in [0.15, 0.2) is 0 Å². The Morgan fingerprint density at radius 3 is 2.86 bits per heavy atom. The molecule has 9 heteroatoms. The minimum Gasteiger partial charge on any atom is -0.383 e. The molecule has 0 atom stereocenters. The van der Waals surface area contributed by atoms with Crippen LogP contribution in [0, 0.1) is 13.8 Å². The molecule has 0 unspecified atom stereocenters. The van der Waals surface area contributed by atoms with Crippen LogP contribution >= 0.6 is 0 Å². The molecule has 0 aliphatic carbocycles. The van der Waals surface area contributed by atoms with E-state index in [0.29, 0.717) is 12.4 Å². The number of carbonyl (C=O) groups is 1. The Balaban J connectivity index is 1.53. The highest BCUT2D eigenvalue weighted by Gasteiger charge is 2.16. The van der Waals surface area contributed by atoms with E-state index in [1.54, 1.807) is 11.6 Å². The first-order valence-corrected chi connectivity index (χ1v) is 9.32. The second-order valence-electron chi connectivity index (χ2n) is 6.94. The summed E-state index contributed by atoms with van der Waals surface area (Å²) in [6.45, 7) is 5.17. The van der Waals surface area contributed by atoms with Crippen LogP contribution in [-0.4, -0.2) is 43.8 Å². The molecule has 4 rings (SSSR count). The molecule has 0 saturated carbocycles. The van der Waals surface area contributed by atoms with Gasteiger partial charge in [0.1, 0.15) is 0 Å². The van der Waals surface area contributed by atoms with E-state index in [2.05, 4.69) is 25.0 Å². The maximum absolute atomic E-state index is 12.7. The SMILES string of the molecule is COCCn1ccc2cc(NC(=O)Cc3c(C)nc4nc(N)nn4c3C)ccc21. The highest BCUT2D eigenvalue weighted by atomic mass is 16.5. The van der Waals surface area contributed by atoms with Gasteiger partial charge in [-0.05, 0) is 38.1 Å². The number of carbonyl (C=O) groups excluding carboxylic acids is 1. The van der Waals surface area contributed by atoms with Crippen molar-refractivity contribution < 1.29 is 9.53 Å². The van der Waals surface area contributed by atoms with Gasteiger partial charge in [-0.3, -0.25) is 4.79 Å². The van der Waals surface area contributed by atoms with Gasteiger partial charge in [-0.25, -0.2) is 4.98 Å². The summed E-state index contributed by atoms with van der Waals surface area (Å²) in [6.07, 6.45) is 2.21. The molecule has 1 amide bonds. The van der Waals surface area contributed by atoms with E-state index < -0.39 is 0 Å². The quantitative estimate of drug-likeness (QED) is 0.519. The average Bonchev–Trinajstić information content (AvgIpc) is 3.26. The van der Waals surface area contributed by atoms with E-state index in [9.17, 15) is 4.79 Å². The number of amides is 1. The molecule has 0 aliphatic heterocycles. The Kier molecular flexibility index (Phi) is 4.89. The Bertz CT molecular complexity index is 1210. The monoisotopic (exact) mass is 393 g/mol. The Morgan fingerprint density at radius 1 is 1.24 bits per heavy atom. The number of hydrogen-bond acceptors (Lipinski definition) is 6. The molecule has 0 fully saturated rings. The fraction of sp³-hybridized carbons (Fsp3) is 0.300. The van der Waals surface area contributed by atoms with Crippen molar-refractivity contribution in [2.75, 3.05) is 24.8 Å². The molecule has 0 aliphatic rings. The average molecular weight is 393 g/mol.